The van der Waals surface area contributed by atoms with Gasteiger partial charge in [-0.3, -0.25) is 4.68 Å². The quantitative estimate of drug-likeness (QED) is 0.723. The molecule has 0 amide bonds. The summed E-state index contributed by atoms with van der Waals surface area (Å²) in [5.41, 5.74) is 0. The van der Waals surface area contributed by atoms with Crippen molar-refractivity contribution in [1.82, 2.24) is 15.1 Å². The summed E-state index contributed by atoms with van der Waals surface area (Å²) in [6.45, 7) is 7.35. The van der Waals surface area contributed by atoms with Gasteiger partial charge in [0.2, 0.25) is 0 Å². The molecule has 1 N–H and O–H groups in total. The Kier molecular flexibility index (Phi) is 5.32. The number of hydrogen-bond acceptors (Lipinski definition) is 3. The van der Waals surface area contributed by atoms with Crippen LogP contribution in [0.1, 0.15) is 39.7 Å². The second-order valence-corrected chi connectivity index (χ2v) is 4.42. The van der Waals surface area contributed by atoms with Gasteiger partial charge in [0, 0.05) is 6.04 Å². The normalized spacial score (nSPS) is 13.1. The Morgan fingerprint density at radius 2 is 2.19 bits per heavy atom. The SMILES string of the molecule is CNCCCC(C)Oc1cnn(C(C)C)c1. The Morgan fingerprint density at radius 1 is 1.44 bits per heavy atom. The molecular formula is C12H23N3O. The van der Waals surface area contributed by atoms with E-state index in [4.69, 9.17) is 4.74 Å². The van der Waals surface area contributed by atoms with Gasteiger partial charge < -0.3 is 10.1 Å². The first kappa shape index (κ1) is 13.0. The first-order valence-corrected chi connectivity index (χ1v) is 5.99. The average Bonchev–Trinajstić information content (AvgIpc) is 2.66. The van der Waals surface area contributed by atoms with Gasteiger partial charge in [-0.25, -0.2) is 0 Å². The predicted molar refractivity (Wildman–Crippen MR) is 65.9 cm³/mol. The van der Waals surface area contributed by atoms with Crippen LogP contribution in [0.4, 0.5) is 0 Å². The maximum absolute atomic E-state index is 5.78. The monoisotopic (exact) mass is 225 g/mol. The lowest BCUT2D eigenvalue weighted by atomic mass is 10.2. The van der Waals surface area contributed by atoms with E-state index in [1.807, 2.05) is 17.9 Å². The van der Waals surface area contributed by atoms with E-state index in [1.165, 1.54) is 0 Å². The largest absolute Gasteiger partial charge is 0.487 e. The van der Waals surface area contributed by atoms with Crippen LogP contribution >= 0.6 is 0 Å². The van der Waals surface area contributed by atoms with E-state index in [0.717, 1.165) is 25.1 Å². The van der Waals surface area contributed by atoms with Crippen molar-refractivity contribution >= 4 is 0 Å². The molecule has 0 radical (unpaired) electrons. The van der Waals surface area contributed by atoms with Crippen LogP contribution in [0.5, 0.6) is 5.75 Å². The van der Waals surface area contributed by atoms with Crippen LogP contribution in [0, 0.1) is 0 Å². The van der Waals surface area contributed by atoms with Crippen molar-refractivity contribution in [3.05, 3.63) is 12.4 Å². The van der Waals surface area contributed by atoms with Gasteiger partial charge in [0.15, 0.2) is 5.75 Å². The maximum atomic E-state index is 5.78. The molecule has 0 saturated carbocycles. The smallest absolute Gasteiger partial charge is 0.157 e. The number of nitrogens with zero attached hydrogens (tertiary/aromatic N) is 2. The van der Waals surface area contributed by atoms with Gasteiger partial charge in [0.1, 0.15) is 0 Å². The Hall–Kier alpha value is -1.03. The number of ether oxygens (including phenoxy) is 1. The minimum absolute atomic E-state index is 0.248. The van der Waals surface area contributed by atoms with Crippen LogP contribution in [0.15, 0.2) is 12.4 Å². The van der Waals surface area contributed by atoms with Crippen LogP contribution in [-0.2, 0) is 0 Å². The van der Waals surface area contributed by atoms with Gasteiger partial charge in [0.25, 0.3) is 0 Å². The van der Waals surface area contributed by atoms with E-state index in [1.54, 1.807) is 6.20 Å². The molecule has 0 saturated heterocycles. The van der Waals surface area contributed by atoms with Crippen molar-refractivity contribution in [2.45, 2.75) is 45.8 Å². The van der Waals surface area contributed by atoms with E-state index in [-0.39, 0.29) is 6.10 Å². The van der Waals surface area contributed by atoms with Gasteiger partial charge in [-0.15, -0.1) is 0 Å². The number of nitrogens with one attached hydrogen (secondary N) is 1. The van der Waals surface area contributed by atoms with Gasteiger partial charge in [-0.2, -0.15) is 5.10 Å². The van der Waals surface area contributed by atoms with Gasteiger partial charge in [-0.05, 0) is 47.2 Å². The lowest BCUT2D eigenvalue weighted by Gasteiger charge is -2.12. The maximum Gasteiger partial charge on any atom is 0.157 e. The molecule has 16 heavy (non-hydrogen) atoms. The minimum Gasteiger partial charge on any atom is -0.487 e. The molecule has 0 aliphatic rings. The van der Waals surface area contributed by atoms with E-state index in [0.29, 0.717) is 6.04 Å². The second-order valence-electron chi connectivity index (χ2n) is 4.42. The fraction of sp³-hybridized carbons (Fsp3) is 0.750. The molecule has 0 spiro atoms. The van der Waals surface area contributed by atoms with Gasteiger partial charge in [-0.1, -0.05) is 0 Å². The highest BCUT2D eigenvalue weighted by Gasteiger charge is 2.07. The van der Waals surface area contributed by atoms with Gasteiger partial charge in [0.05, 0.1) is 18.5 Å². The molecule has 1 aromatic heterocycles. The summed E-state index contributed by atoms with van der Waals surface area (Å²) in [6, 6.07) is 0.386. The Morgan fingerprint density at radius 3 is 2.75 bits per heavy atom. The standard InChI is InChI=1S/C12H23N3O/c1-10(2)15-9-12(8-14-15)16-11(3)6-5-7-13-4/h8-11,13H,5-7H2,1-4H3. The van der Waals surface area contributed by atoms with Crippen LogP contribution in [0.3, 0.4) is 0 Å². The fourth-order valence-electron chi connectivity index (χ4n) is 1.52. The third-order valence-corrected chi connectivity index (χ3v) is 2.48. The zero-order valence-corrected chi connectivity index (χ0v) is 10.7. The van der Waals surface area contributed by atoms with Crippen molar-refractivity contribution in [3.63, 3.8) is 0 Å². The lowest BCUT2D eigenvalue weighted by molar-refractivity contribution is 0.207. The summed E-state index contributed by atoms with van der Waals surface area (Å²) in [5, 5.41) is 7.38. The fourth-order valence-corrected chi connectivity index (χ4v) is 1.52. The molecule has 1 atom stereocenters. The molecule has 92 valence electrons. The first-order chi connectivity index (χ1) is 7.63. The molecule has 1 aromatic rings. The molecule has 1 heterocycles. The highest BCUT2D eigenvalue weighted by molar-refractivity contribution is 5.12. The molecule has 1 rings (SSSR count). The van der Waals surface area contributed by atoms with Crippen LogP contribution in [0.25, 0.3) is 0 Å². The Labute approximate surface area is 98.0 Å². The van der Waals surface area contributed by atoms with Crippen molar-refractivity contribution in [3.8, 4) is 5.75 Å². The van der Waals surface area contributed by atoms with Crippen molar-refractivity contribution < 1.29 is 4.74 Å². The summed E-state index contributed by atoms with van der Waals surface area (Å²) < 4.78 is 7.69. The van der Waals surface area contributed by atoms with Crippen molar-refractivity contribution in [2.75, 3.05) is 13.6 Å². The summed E-state index contributed by atoms with van der Waals surface area (Å²) >= 11 is 0. The number of aromatic nitrogens is 2. The molecule has 0 aliphatic carbocycles. The zero-order valence-electron chi connectivity index (χ0n) is 10.7. The van der Waals surface area contributed by atoms with Gasteiger partial charge >= 0.3 is 0 Å². The topological polar surface area (TPSA) is 39.1 Å². The van der Waals surface area contributed by atoms with E-state index < -0.39 is 0 Å². The van der Waals surface area contributed by atoms with E-state index in [2.05, 4.69) is 31.2 Å². The molecule has 1 unspecified atom stereocenters. The lowest BCUT2D eigenvalue weighted by Crippen LogP contribution is -2.15. The van der Waals surface area contributed by atoms with Crippen LogP contribution in [0.2, 0.25) is 0 Å². The molecular weight excluding hydrogens is 202 g/mol. The Bertz CT molecular complexity index is 296. The summed E-state index contributed by atoms with van der Waals surface area (Å²) in [7, 11) is 1.97. The second kappa shape index (κ2) is 6.53. The average molecular weight is 225 g/mol. The molecule has 0 aliphatic heterocycles. The molecule has 4 heteroatoms. The van der Waals surface area contributed by atoms with Crippen molar-refractivity contribution in [1.29, 1.82) is 0 Å². The Balaban J connectivity index is 2.34. The molecule has 0 fully saturated rings. The van der Waals surface area contributed by atoms with E-state index >= 15 is 0 Å². The molecule has 0 aromatic carbocycles. The number of rotatable bonds is 7. The van der Waals surface area contributed by atoms with Crippen LogP contribution < -0.4 is 10.1 Å². The predicted octanol–water partition coefficient (Wildman–Crippen LogP) is 2.23. The summed E-state index contributed by atoms with van der Waals surface area (Å²) in [6.07, 6.45) is 6.19. The summed E-state index contributed by atoms with van der Waals surface area (Å²) in [5.74, 6) is 0.866. The molecule has 0 bridgehead atoms. The highest BCUT2D eigenvalue weighted by atomic mass is 16.5. The number of hydrogen-bond donors (Lipinski definition) is 1. The summed E-state index contributed by atoms with van der Waals surface area (Å²) in [4.78, 5) is 0. The minimum atomic E-state index is 0.248. The molecule has 4 nitrogen and oxygen atoms in total. The third-order valence-electron chi connectivity index (χ3n) is 2.48. The van der Waals surface area contributed by atoms with Crippen molar-refractivity contribution in [2.24, 2.45) is 0 Å². The zero-order chi connectivity index (χ0) is 12.0. The van der Waals surface area contributed by atoms with Crippen LogP contribution in [-0.4, -0.2) is 29.5 Å². The van der Waals surface area contributed by atoms with E-state index in [9.17, 15) is 0 Å². The third kappa shape index (κ3) is 4.23. The first-order valence-electron chi connectivity index (χ1n) is 5.99. The highest BCUT2D eigenvalue weighted by Crippen LogP contribution is 2.15.